The van der Waals surface area contributed by atoms with Gasteiger partial charge in [0.2, 0.25) is 0 Å². The van der Waals surface area contributed by atoms with Gasteiger partial charge in [-0.15, -0.1) is 0 Å². The van der Waals surface area contributed by atoms with Crippen LogP contribution in [0.2, 0.25) is 0 Å². The topological polar surface area (TPSA) is 78.0 Å². The number of aromatic nitrogens is 1. The Labute approximate surface area is 120 Å². The lowest BCUT2D eigenvalue weighted by molar-refractivity contribution is 0.208. The fourth-order valence-electron chi connectivity index (χ4n) is 2.48. The van der Waals surface area contributed by atoms with Crippen LogP contribution >= 0.6 is 0 Å². The highest BCUT2D eigenvalue weighted by Crippen LogP contribution is 2.11. The molecule has 1 aliphatic rings. The van der Waals surface area contributed by atoms with Gasteiger partial charge in [-0.05, 0) is 37.3 Å². The Morgan fingerprint density at radius 3 is 2.90 bits per heavy atom. The fraction of sp³-hybridized carbons (Fsp3) is 0.467. The number of nitrogens with zero attached hydrogens (tertiary/aromatic N) is 2. The average Bonchev–Trinajstić information content (AvgIpc) is 2.48. The molecule has 0 amide bonds. The summed E-state index contributed by atoms with van der Waals surface area (Å²) in [4.78, 5) is 6.82. The van der Waals surface area contributed by atoms with Gasteiger partial charge in [0, 0.05) is 44.0 Å². The summed E-state index contributed by atoms with van der Waals surface area (Å²) in [7, 11) is 0. The zero-order valence-corrected chi connectivity index (χ0v) is 11.8. The first-order valence-corrected chi connectivity index (χ1v) is 7.13. The van der Waals surface area contributed by atoms with Crippen LogP contribution in [0.3, 0.4) is 0 Å². The molecule has 0 spiro atoms. The van der Waals surface area contributed by atoms with Crippen molar-refractivity contribution in [3.05, 3.63) is 42.4 Å². The van der Waals surface area contributed by atoms with Crippen molar-refractivity contribution >= 4 is 5.84 Å². The maximum Gasteiger partial charge on any atom is 0.119 e. The maximum absolute atomic E-state index is 7.67. The van der Waals surface area contributed by atoms with Crippen LogP contribution in [0.25, 0.3) is 0 Å². The van der Waals surface area contributed by atoms with E-state index in [1.165, 1.54) is 6.20 Å². The molecule has 2 rings (SSSR count). The van der Waals surface area contributed by atoms with Gasteiger partial charge >= 0.3 is 0 Å². The van der Waals surface area contributed by atoms with Gasteiger partial charge in [-0.25, -0.2) is 0 Å². The minimum Gasteiger partial charge on any atom is -0.404 e. The van der Waals surface area contributed by atoms with Gasteiger partial charge in [0.05, 0.1) is 0 Å². The number of amidine groups is 1. The van der Waals surface area contributed by atoms with Crippen molar-refractivity contribution in [3.8, 4) is 0 Å². The SMILES string of the molecule is N=C(/C=C\N)NC1CCN(CCc2ccccn2)CC1. The first-order chi connectivity index (χ1) is 9.78. The van der Waals surface area contributed by atoms with E-state index in [1.807, 2.05) is 18.3 Å². The molecular weight excluding hydrogens is 250 g/mol. The molecule has 1 aliphatic heterocycles. The fourth-order valence-corrected chi connectivity index (χ4v) is 2.48. The molecule has 2 heterocycles. The van der Waals surface area contributed by atoms with E-state index in [2.05, 4.69) is 21.3 Å². The highest BCUT2D eigenvalue weighted by molar-refractivity contribution is 5.90. The van der Waals surface area contributed by atoms with Crippen molar-refractivity contribution in [1.29, 1.82) is 5.41 Å². The molecule has 1 fully saturated rings. The lowest BCUT2D eigenvalue weighted by Gasteiger charge is -2.32. The van der Waals surface area contributed by atoms with Gasteiger partial charge in [-0.3, -0.25) is 10.4 Å². The standard InChI is InChI=1S/C15H23N5/c16-8-4-15(17)19-14-6-11-20(12-7-14)10-5-13-3-1-2-9-18-13/h1-4,8-9,14H,5-7,10-12,16H2,(H2,17,19)/b8-4-. The van der Waals surface area contributed by atoms with E-state index in [4.69, 9.17) is 11.1 Å². The normalized spacial score (nSPS) is 17.4. The predicted octanol–water partition coefficient (Wildman–Crippen LogP) is 1.13. The van der Waals surface area contributed by atoms with E-state index in [9.17, 15) is 0 Å². The summed E-state index contributed by atoms with van der Waals surface area (Å²) in [6.07, 6.45) is 7.99. The van der Waals surface area contributed by atoms with Crippen LogP contribution in [0.1, 0.15) is 18.5 Å². The molecule has 108 valence electrons. The van der Waals surface area contributed by atoms with Gasteiger partial charge in [-0.1, -0.05) is 6.07 Å². The number of nitrogens with two attached hydrogens (primary N) is 1. The third kappa shape index (κ3) is 4.66. The molecule has 0 saturated carbocycles. The van der Waals surface area contributed by atoms with E-state index in [0.717, 1.165) is 44.6 Å². The van der Waals surface area contributed by atoms with E-state index < -0.39 is 0 Å². The second kappa shape index (κ2) is 7.65. The molecule has 1 aromatic heterocycles. The highest BCUT2D eigenvalue weighted by atomic mass is 15.1. The van der Waals surface area contributed by atoms with Gasteiger partial charge < -0.3 is 16.0 Å². The molecular formula is C15H23N5. The molecule has 0 unspecified atom stereocenters. The summed E-state index contributed by atoms with van der Waals surface area (Å²) in [5.74, 6) is 0.402. The zero-order chi connectivity index (χ0) is 14.2. The summed E-state index contributed by atoms with van der Waals surface area (Å²) in [6, 6.07) is 6.46. The second-order valence-electron chi connectivity index (χ2n) is 5.10. The Bertz CT molecular complexity index is 435. The van der Waals surface area contributed by atoms with Crippen molar-refractivity contribution in [1.82, 2.24) is 15.2 Å². The molecule has 5 heteroatoms. The van der Waals surface area contributed by atoms with E-state index in [0.29, 0.717) is 11.9 Å². The van der Waals surface area contributed by atoms with Crippen molar-refractivity contribution in [2.24, 2.45) is 5.73 Å². The van der Waals surface area contributed by atoms with Crippen molar-refractivity contribution in [3.63, 3.8) is 0 Å². The molecule has 1 aromatic rings. The van der Waals surface area contributed by atoms with E-state index in [-0.39, 0.29) is 0 Å². The van der Waals surface area contributed by atoms with Crippen LogP contribution in [0, 0.1) is 5.41 Å². The van der Waals surface area contributed by atoms with Crippen LogP contribution in [0.15, 0.2) is 36.7 Å². The van der Waals surface area contributed by atoms with Crippen molar-refractivity contribution in [2.75, 3.05) is 19.6 Å². The lowest BCUT2D eigenvalue weighted by Crippen LogP contribution is -2.44. The zero-order valence-electron chi connectivity index (χ0n) is 11.8. The number of rotatable bonds is 5. The monoisotopic (exact) mass is 273 g/mol. The van der Waals surface area contributed by atoms with Crippen LogP contribution in [0.4, 0.5) is 0 Å². The minimum atomic E-state index is 0.393. The number of pyridine rings is 1. The average molecular weight is 273 g/mol. The molecule has 20 heavy (non-hydrogen) atoms. The Hall–Kier alpha value is -1.88. The van der Waals surface area contributed by atoms with Gasteiger partial charge in [0.1, 0.15) is 5.84 Å². The van der Waals surface area contributed by atoms with Crippen molar-refractivity contribution in [2.45, 2.75) is 25.3 Å². The van der Waals surface area contributed by atoms with Crippen LogP contribution in [-0.4, -0.2) is 41.4 Å². The molecule has 0 radical (unpaired) electrons. The smallest absolute Gasteiger partial charge is 0.119 e. The Morgan fingerprint density at radius 2 is 2.25 bits per heavy atom. The van der Waals surface area contributed by atoms with Gasteiger partial charge in [0.25, 0.3) is 0 Å². The molecule has 5 nitrogen and oxygen atoms in total. The molecule has 4 N–H and O–H groups in total. The molecule has 0 atom stereocenters. The largest absolute Gasteiger partial charge is 0.404 e. The summed E-state index contributed by atoms with van der Waals surface area (Å²) in [5.41, 5.74) is 6.43. The summed E-state index contributed by atoms with van der Waals surface area (Å²) in [6.45, 7) is 3.21. The second-order valence-corrected chi connectivity index (χ2v) is 5.10. The maximum atomic E-state index is 7.67. The molecule has 0 aliphatic carbocycles. The lowest BCUT2D eigenvalue weighted by atomic mass is 10.0. The first-order valence-electron chi connectivity index (χ1n) is 7.13. The van der Waals surface area contributed by atoms with E-state index in [1.54, 1.807) is 6.08 Å². The van der Waals surface area contributed by atoms with Crippen LogP contribution in [-0.2, 0) is 6.42 Å². The molecule has 0 aromatic carbocycles. The number of nitrogens with one attached hydrogen (secondary N) is 2. The molecule has 1 saturated heterocycles. The Kier molecular flexibility index (Phi) is 5.55. The van der Waals surface area contributed by atoms with Gasteiger partial charge in [-0.2, -0.15) is 0 Å². The molecule has 0 bridgehead atoms. The number of piperidine rings is 1. The van der Waals surface area contributed by atoms with Crippen molar-refractivity contribution < 1.29 is 0 Å². The summed E-state index contributed by atoms with van der Waals surface area (Å²) < 4.78 is 0. The predicted molar refractivity (Wildman–Crippen MR) is 81.6 cm³/mol. The Morgan fingerprint density at radius 1 is 1.45 bits per heavy atom. The Balaban J connectivity index is 1.68. The van der Waals surface area contributed by atoms with Crippen LogP contribution < -0.4 is 11.1 Å². The quantitative estimate of drug-likeness (QED) is 0.555. The number of hydrogen-bond donors (Lipinski definition) is 3. The highest BCUT2D eigenvalue weighted by Gasteiger charge is 2.18. The number of likely N-dealkylation sites (tertiary alicyclic amines) is 1. The van der Waals surface area contributed by atoms with E-state index >= 15 is 0 Å². The third-order valence-corrected chi connectivity index (χ3v) is 3.62. The van der Waals surface area contributed by atoms with Crippen LogP contribution in [0.5, 0.6) is 0 Å². The first kappa shape index (κ1) is 14.5. The third-order valence-electron chi connectivity index (χ3n) is 3.62. The van der Waals surface area contributed by atoms with Gasteiger partial charge in [0.15, 0.2) is 0 Å². The summed E-state index contributed by atoms with van der Waals surface area (Å²) in [5, 5.41) is 10.9. The minimum absolute atomic E-state index is 0.393. The number of hydrogen-bond acceptors (Lipinski definition) is 4. The summed E-state index contributed by atoms with van der Waals surface area (Å²) >= 11 is 0.